The van der Waals surface area contributed by atoms with Crippen LogP contribution in [0.2, 0.25) is 0 Å². The molecule has 2 saturated heterocycles. The zero-order valence-corrected chi connectivity index (χ0v) is 10.8. The van der Waals surface area contributed by atoms with E-state index in [0.29, 0.717) is 22.3 Å². The molecule has 1 aromatic carbocycles. The summed E-state index contributed by atoms with van der Waals surface area (Å²) >= 11 is 3.17. The molecule has 0 radical (unpaired) electrons. The van der Waals surface area contributed by atoms with E-state index in [0.717, 1.165) is 24.9 Å². The Morgan fingerprint density at radius 2 is 2.24 bits per heavy atom. The zero-order chi connectivity index (χ0) is 12.0. The molecule has 2 fully saturated rings. The van der Waals surface area contributed by atoms with Crippen LogP contribution in [0.1, 0.15) is 19.3 Å². The summed E-state index contributed by atoms with van der Waals surface area (Å²) in [4.78, 5) is 0. The minimum absolute atomic E-state index is 0.281. The van der Waals surface area contributed by atoms with Crippen molar-refractivity contribution in [2.45, 2.75) is 37.5 Å². The van der Waals surface area contributed by atoms with Gasteiger partial charge in [0.15, 0.2) is 0 Å². The van der Waals surface area contributed by atoms with Crippen LogP contribution in [-0.2, 0) is 4.74 Å². The molecule has 3 nitrogen and oxygen atoms in total. The van der Waals surface area contributed by atoms with Gasteiger partial charge in [-0.1, -0.05) is 0 Å². The Kier molecular flexibility index (Phi) is 2.75. The minimum atomic E-state index is -0.336. The average molecular weight is 301 g/mol. The van der Waals surface area contributed by atoms with Crippen molar-refractivity contribution in [1.82, 2.24) is 0 Å². The van der Waals surface area contributed by atoms with Gasteiger partial charge in [0.1, 0.15) is 5.82 Å². The lowest BCUT2D eigenvalue weighted by Gasteiger charge is -2.22. The summed E-state index contributed by atoms with van der Waals surface area (Å²) in [7, 11) is 0. The van der Waals surface area contributed by atoms with Gasteiger partial charge >= 0.3 is 0 Å². The number of halogens is 2. The highest BCUT2D eigenvalue weighted by Crippen LogP contribution is 2.37. The van der Waals surface area contributed by atoms with E-state index in [4.69, 9.17) is 10.5 Å². The van der Waals surface area contributed by atoms with Crippen molar-refractivity contribution in [2.75, 3.05) is 11.1 Å². The van der Waals surface area contributed by atoms with Crippen molar-refractivity contribution >= 4 is 27.3 Å². The largest absolute Gasteiger partial charge is 0.397 e. The highest BCUT2D eigenvalue weighted by Gasteiger charge is 2.40. The standard InChI is InChI=1S/C12H14BrFN2O/c13-7-4-10(9(15)5-8(7)14)16-11-3-6-1-2-12(11)17-6/h4-6,11-12,16H,1-3,15H2. The molecule has 92 valence electrons. The minimum Gasteiger partial charge on any atom is -0.397 e. The molecule has 3 atom stereocenters. The van der Waals surface area contributed by atoms with E-state index >= 15 is 0 Å². The van der Waals surface area contributed by atoms with E-state index < -0.39 is 0 Å². The summed E-state index contributed by atoms with van der Waals surface area (Å²) in [5, 5.41) is 3.36. The summed E-state index contributed by atoms with van der Waals surface area (Å²) in [5.74, 6) is -0.336. The molecule has 0 amide bonds. The Hall–Kier alpha value is -0.810. The second-order valence-electron chi connectivity index (χ2n) is 4.71. The normalized spacial score (nSPS) is 30.8. The Balaban J connectivity index is 1.79. The summed E-state index contributed by atoms with van der Waals surface area (Å²) in [6, 6.07) is 3.32. The Morgan fingerprint density at radius 1 is 1.41 bits per heavy atom. The topological polar surface area (TPSA) is 47.3 Å². The van der Waals surface area contributed by atoms with Crippen LogP contribution in [0.15, 0.2) is 16.6 Å². The number of ether oxygens (including phenoxy) is 1. The third-order valence-electron chi connectivity index (χ3n) is 3.54. The van der Waals surface area contributed by atoms with Crippen LogP contribution in [0.25, 0.3) is 0 Å². The summed E-state index contributed by atoms with van der Waals surface area (Å²) in [5.41, 5.74) is 7.02. The maximum Gasteiger partial charge on any atom is 0.139 e. The fourth-order valence-electron chi connectivity index (χ4n) is 2.68. The van der Waals surface area contributed by atoms with Crippen molar-refractivity contribution in [2.24, 2.45) is 0 Å². The van der Waals surface area contributed by atoms with E-state index in [1.165, 1.54) is 6.07 Å². The van der Waals surface area contributed by atoms with Crippen molar-refractivity contribution in [3.8, 4) is 0 Å². The molecule has 0 aromatic heterocycles. The summed E-state index contributed by atoms with van der Waals surface area (Å²) < 4.78 is 19.4. The van der Waals surface area contributed by atoms with Gasteiger partial charge in [0.2, 0.25) is 0 Å². The van der Waals surface area contributed by atoms with E-state index in [2.05, 4.69) is 21.2 Å². The number of nitrogen functional groups attached to an aromatic ring is 1. The van der Waals surface area contributed by atoms with E-state index in [9.17, 15) is 4.39 Å². The first kappa shape index (κ1) is 11.3. The van der Waals surface area contributed by atoms with Crippen LogP contribution < -0.4 is 11.1 Å². The van der Waals surface area contributed by atoms with Gasteiger partial charge in [-0.05, 0) is 41.3 Å². The predicted octanol–water partition coefficient (Wildman–Crippen LogP) is 2.90. The molecule has 3 rings (SSSR count). The van der Waals surface area contributed by atoms with E-state index in [1.54, 1.807) is 6.07 Å². The molecule has 0 aliphatic carbocycles. The van der Waals surface area contributed by atoms with Gasteiger partial charge in [0, 0.05) is 6.07 Å². The van der Waals surface area contributed by atoms with Crippen molar-refractivity contribution in [3.63, 3.8) is 0 Å². The fraction of sp³-hybridized carbons (Fsp3) is 0.500. The van der Waals surface area contributed by atoms with Gasteiger partial charge in [-0.2, -0.15) is 0 Å². The third-order valence-corrected chi connectivity index (χ3v) is 4.15. The summed E-state index contributed by atoms with van der Waals surface area (Å²) in [6.45, 7) is 0. The number of nitrogens with two attached hydrogens (primary N) is 1. The van der Waals surface area contributed by atoms with Gasteiger partial charge in [0.05, 0.1) is 34.1 Å². The van der Waals surface area contributed by atoms with Crippen molar-refractivity contribution in [1.29, 1.82) is 0 Å². The number of hydrogen-bond acceptors (Lipinski definition) is 3. The SMILES string of the molecule is Nc1cc(F)c(Br)cc1NC1CC2CCC1O2. The Morgan fingerprint density at radius 3 is 2.88 bits per heavy atom. The molecule has 5 heteroatoms. The van der Waals surface area contributed by atoms with Gasteiger partial charge < -0.3 is 15.8 Å². The van der Waals surface area contributed by atoms with Crippen LogP contribution >= 0.6 is 15.9 Å². The smallest absolute Gasteiger partial charge is 0.139 e. The van der Waals surface area contributed by atoms with Gasteiger partial charge in [-0.15, -0.1) is 0 Å². The predicted molar refractivity (Wildman–Crippen MR) is 68.4 cm³/mol. The summed E-state index contributed by atoms with van der Waals surface area (Å²) in [6.07, 6.45) is 3.95. The molecule has 2 heterocycles. The fourth-order valence-corrected chi connectivity index (χ4v) is 3.02. The first-order chi connectivity index (χ1) is 8.13. The van der Waals surface area contributed by atoms with E-state index in [1.807, 2.05) is 0 Å². The Bertz CT molecular complexity index is 454. The van der Waals surface area contributed by atoms with Crippen molar-refractivity contribution < 1.29 is 9.13 Å². The molecule has 0 spiro atoms. The second kappa shape index (κ2) is 4.14. The van der Waals surface area contributed by atoms with Crippen LogP contribution in [0.4, 0.5) is 15.8 Å². The van der Waals surface area contributed by atoms with Gasteiger partial charge in [0.25, 0.3) is 0 Å². The lowest BCUT2D eigenvalue weighted by Crippen LogP contribution is -2.30. The first-order valence-corrected chi connectivity index (χ1v) is 6.59. The first-order valence-electron chi connectivity index (χ1n) is 5.80. The molecule has 2 aliphatic heterocycles. The lowest BCUT2D eigenvalue weighted by atomic mass is 9.95. The number of rotatable bonds is 2. The monoisotopic (exact) mass is 300 g/mol. The number of anilines is 2. The van der Waals surface area contributed by atoms with Crippen molar-refractivity contribution in [3.05, 3.63) is 22.4 Å². The molecule has 17 heavy (non-hydrogen) atoms. The van der Waals surface area contributed by atoms with Crippen LogP contribution in [-0.4, -0.2) is 18.2 Å². The highest BCUT2D eigenvalue weighted by atomic mass is 79.9. The molecule has 2 bridgehead atoms. The molecule has 2 aliphatic rings. The lowest BCUT2D eigenvalue weighted by molar-refractivity contribution is 0.102. The third kappa shape index (κ3) is 2.02. The molecule has 0 saturated carbocycles. The number of hydrogen-bond donors (Lipinski definition) is 2. The number of fused-ring (bicyclic) bond motifs is 2. The molecular weight excluding hydrogens is 287 g/mol. The number of nitrogens with one attached hydrogen (secondary N) is 1. The molecular formula is C12H14BrFN2O. The molecule has 1 aromatic rings. The maximum absolute atomic E-state index is 13.2. The second-order valence-corrected chi connectivity index (χ2v) is 5.57. The molecule has 3 unspecified atom stereocenters. The van der Waals surface area contributed by atoms with Crippen LogP contribution in [0.3, 0.4) is 0 Å². The van der Waals surface area contributed by atoms with Gasteiger partial charge in [-0.25, -0.2) is 4.39 Å². The van der Waals surface area contributed by atoms with E-state index in [-0.39, 0.29) is 11.9 Å². The van der Waals surface area contributed by atoms with Crippen LogP contribution in [0.5, 0.6) is 0 Å². The zero-order valence-electron chi connectivity index (χ0n) is 9.25. The maximum atomic E-state index is 13.2. The van der Waals surface area contributed by atoms with Gasteiger partial charge in [-0.3, -0.25) is 0 Å². The Labute approximate surface area is 108 Å². The quantitative estimate of drug-likeness (QED) is 0.826. The number of benzene rings is 1. The van der Waals surface area contributed by atoms with Crippen LogP contribution in [0, 0.1) is 5.82 Å². The molecule has 3 N–H and O–H groups in total. The average Bonchev–Trinajstić information content (AvgIpc) is 2.87. The highest BCUT2D eigenvalue weighted by molar-refractivity contribution is 9.10.